The van der Waals surface area contributed by atoms with E-state index in [9.17, 15) is 4.79 Å². The maximum absolute atomic E-state index is 12.5. The van der Waals surface area contributed by atoms with Gasteiger partial charge in [0.2, 0.25) is 5.95 Å². The zero-order valence-corrected chi connectivity index (χ0v) is 16.0. The number of anilines is 2. The van der Waals surface area contributed by atoms with Gasteiger partial charge in [-0.3, -0.25) is 4.79 Å². The summed E-state index contributed by atoms with van der Waals surface area (Å²) >= 11 is 0. The highest BCUT2D eigenvalue weighted by Crippen LogP contribution is 2.23. The molecule has 2 rings (SSSR count). The average molecular weight is 340 g/mol. The van der Waals surface area contributed by atoms with Gasteiger partial charge in [-0.1, -0.05) is 46.8 Å². The van der Waals surface area contributed by atoms with Crippen molar-refractivity contribution >= 4 is 17.5 Å². The smallest absolute Gasteiger partial charge is 0.274 e. The van der Waals surface area contributed by atoms with Crippen LogP contribution in [0.15, 0.2) is 30.3 Å². The lowest BCUT2D eigenvalue weighted by Crippen LogP contribution is -2.17. The van der Waals surface area contributed by atoms with Gasteiger partial charge in [0.1, 0.15) is 5.69 Å². The second kappa shape index (κ2) is 7.64. The topological polar surface area (TPSA) is 66.9 Å². The second-order valence-electron chi connectivity index (χ2n) is 7.77. The van der Waals surface area contributed by atoms with Crippen LogP contribution in [-0.4, -0.2) is 22.4 Å². The normalized spacial score (nSPS) is 11.5. The fourth-order valence-corrected chi connectivity index (χ4v) is 2.31. The minimum Gasteiger partial charge on any atom is -0.354 e. The standard InChI is InChI=1S/C20H28N4O/c1-13(2)12-21-19-22-14(3)11-17(24-19)18(25)23-16-9-7-15(8-10-16)20(4,5)6/h7-11,13H,12H2,1-6H3,(H,23,25)(H,21,22,24). The summed E-state index contributed by atoms with van der Waals surface area (Å²) < 4.78 is 0. The van der Waals surface area contributed by atoms with Gasteiger partial charge in [-0.05, 0) is 42.0 Å². The number of nitrogens with zero attached hydrogens (tertiary/aromatic N) is 2. The van der Waals surface area contributed by atoms with E-state index in [0.717, 1.165) is 17.9 Å². The van der Waals surface area contributed by atoms with Gasteiger partial charge in [0.05, 0.1) is 0 Å². The van der Waals surface area contributed by atoms with Gasteiger partial charge in [0.15, 0.2) is 0 Å². The van der Waals surface area contributed by atoms with Crippen molar-refractivity contribution in [3.8, 4) is 0 Å². The summed E-state index contributed by atoms with van der Waals surface area (Å²) in [5.74, 6) is 0.728. The van der Waals surface area contributed by atoms with Gasteiger partial charge in [-0.25, -0.2) is 9.97 Å². The molecule has 25 heavy (non-hydrogen) atoms. The van der Waals surface area contributed by atoms with Crippen molar-refractivity contribution in [1.82, 2.24) is 9.97 Å². The number of amides is 1. The lowest BCUT2D eigenvalue weighted by molar-refractivity contribution is 0.102. The lowest BCUT2D eigenvalue weighted by atomic mass is 9.87. The van der Waals surface area contributed by atoms with Crippen LogP contribution >= 0.6 is 0 Å². The number of carbonyl (C=O) groups excluding carboxylic acids is 1. The Balaban J connectivity index is 2.12. The number of aryl methyl sites for hydroxylation is 1. The third kappa shape index (κ3) is 5.55. The molecule has 1 heterocycles. The number of benzene rings is 1. The fraction of sp³-hybridized carbons (Fsp3) is 0.450. The number of aromatic nitrogens is 2. The highest BCUT2D eigenvalue weighted by Gasteiger charge is 2.14. The Morgan fingerprint density at radius 1 is 1.12 bits per heavy atom. The van der Waals surface area contributed by atoms with Gasteiger partial charge in [-0.2, -0.15) is 0 Å². The molecule has 134 valence electrons. The molecular formula is C20H28N4O. The molecule has 0 atom stereocenters. The number of rotatable bonds is 5. The van der Waals surface area contributed by atoms with Crippen LogP contribution in [0.25, 0.3) is 0 Å². The molecule has 2 aromatic rings. The van der Waals surface area contributed by atoms with Crippen molar-refractivity contribution in [2.24, 2.45) is 5.92 Å². The third-order valence-corrected chi connectivity index (χ3v) is 3.76. The van der Waals surface area contributed by atoms with E-state index in [1.807, 2.05) is 31.2 Å². The predicted octanol–water partition coefficient (Wildman–Crippen LogP) is 4.40. The molecule has 0 aliphatic rings. The highest BCUT2D eigenvalue weighted by atomic mass is 16.1. The Morgan fingerprint density at radius 3 is 2.32 bits per heavy atom. The van der Waals surface area contributed by atoms with Gasteiger partial charge < -0.3 is 10.6 Å². The molecule has 0 aliphatic heterocycles. The van der Waals surface area contributed by atoms with Gasteiger partial charge in [-0.15, -0.1) is 0 Å². The Hall–Kier alpha value is -2.43. The molecule has 2 N–H and O–H groups in total. The number of hydrogen-bond donors (Lipinski definition) is 2. The maximum Gasteiger partial charge on any atom is 0.274 e. The quantitative estimate of drug-likeness (QED) is 0.846. The van der Waals surface area contributed by atoms with Gasteiger partial charge in [0.25, 0.3) is 5.91 Å². The summed E-state index contributed by atoms with van der Waals surface area (Å²) in [5.41, 5.74) is 3.19. The van der Waals surface area contributed by atoms with Crippen molar-refractivity contribution < 1.29 is 4.79 Å². The van der Waals surface area contributed by atoms with Crippen molar-refractivity contribution in [2.45, 2.75) is 47.0 Å². The summed E-state index contributed by atoms with van der Waals surface area (Å²) in [6.07, 6.45) is 0. The van der Waals surface area contributed by atoms with Crippen molar-refractivity contribution in [3.63, 3.8) is 0 Å². The van der Waals surface area contributed by atoms with E-state index in [1.165, 1.54) is 5.56 Å². The first kappa shape index (κ1) is 18.9. The fourth-order valence-electron chi connectivity index (χ4n) is 2.31. The summed E-state index contributed by atoms with van der Waals surface area (Å²) in [7, 11) is 0. The summed E-state index contributed by atoms with van der Waals surface area (Å²) in [6, 6.07) is 9.61. The molecule has 0 spiro atoms. The van der Waals surface area contributed by atoms with Crippen LogP contribution in [0.2, 0.25) is 0 Å². The first-order valence-corrected chi connectivity index (χ1v) is 8.66. The Bertz CT molecular complexity index is 730. The monoisotopic (exact) mass is 340 g/mol. The van der Waals surface area contributed by atoms with Crippen molar-refractivity contribution in [2.75, 3.05) is 17.2 Å². The molecule has 0 unspecified atom stereocenters. The average Bonchev–Trinajstić information content (AvgIpc) is 2.52. The van der Waals surface area contributed by atoms with E-state index in [0.29, 0.717) is 17.6 Å². The summed E-state index contributed by atoms with van der Waals surface area (Å²) in [6.45, 7) is 13.3. The lowest BCUT2D eigenvalue weighted by Gasteiger charge is -2.19. The van der Waals surface area contributed by atoms with Crippen LogP contribution in [-0.2, 0) is 5.41 Å². The molecule has 0 radical (unpaired) electrons. The zero-order chi connectivity index (χ0) is 18.6. The summed E-state index contributed by atoms with van der Waals surface area (Å²) in [4.78, 5) is 21.2. The minimum absolute atomic E-state index is 0.0866. The number of hydrogen-bond acceptors (Lipinski definition) is 4. The molecule has 0 saturated carbocycles. The van der Waals surface area contributed by atoms with Gasteiger partial charge >= 0.3 is 0 Å². The van der Waals surface area contributed by atoms with Crippen LogP contribution in [0.3, 0.4) is 0 Å². The molecule has 1 aromatic heterocycles. The molecule has 0 saturated heterocycles. The molecule has 0 bridgehead atoms. The number of nitrogens with one attached hydrogen (secondary N) is 2. The van der Waals surface area contributed by atoms with Crippen LogP contribution in [0.4, 0.5) is 11.6 Å². The molecule has 0 fully saturated rings. The van der Waals surface area contributed by atoms with E-state index in [-0.39, 0.29) is 11.3 Å². The SMILES string of the molecule is Cc1cc(C(=O)Nc2ccc(C(C)(C)C)cc2)nc(NCC(C)C)n1. The molecule has 5 nitrogen and oxygen atoms in total. The van der Waals surface area contributed by atoms with Crippen LogP contribution in [0.1, 0.15) is 56.4 Å². The zero-order valence-electron chi connectivity index (χ0n) is 16.0. The first-order chi connectivity index (χ1) is 11.6. The number of carbonyl (C=O) groups is 1. The Labute approximate surface area is 150 Å². The Morgan fingerprint density at radius 2 is 1.76 bits per heavy atom. The predicted molar refractivity (Wildman–Crippen MR) is 103 cm³/mol. The molecule has 0 aliphatic carbocycles. The molecule has 1 amide bonds. The van der Waals surface area contributed by atoms with Crippen LogP contribution < -0.4 is 10.6 Å². The highest BCUT2D eigenvalue weighted by molar-refractivity contribution is 6.03. The molecular weight excluding hydrogens is 312 g/mol. The van der Waals surface area contributed by atoms with E-state index in [4.69, 9.17) is 0 Å². The van der Waals surface area contributed by atoms with E-state index >= 15 is 0 Å². The Kier molecular flexibility index (Phi) is 5.77. The van der Waals surface area contributed by atoms with Crippen molar-refractivity contribution in [1.29, 1.82) is 0 Å². The molecule has 5 heteroatoms. The van der Waals surface area contributed by atoms with E-state index < -0.39 is 0 Å². The summed E-state index contributed by atoms with van der Waals surface area (Å²) in [5, 5.41) is 6.07. The van der Waals surface area contributed by atoms with Crippen LogP contribution in [0, 0.1) is 12.8 Å². The minimum atomic E-state index is -0.235. The van der Waals surface area contributed by atoms with Crippen molar-refractivity contribution in [3.05, 3.63) is 47.3 Å². The largest absolute Gasteiger partial charge is 0.354 e. The van der Waals surface area contributed by atoms with E-state index in [1.54, 1.807) is 6.07 Å². The van der Waals surface area contributed by atoms with Gasteiger partial charge in [0, 0.05) is 17.9 Å². The van der Waals surface area contributed by atoms with E-state index in [2.05, 4.69) is 55.2 Å². The molecule has 1 aromatic carbocycles. The van der Waals surface area contributed by atoms with Crippen LogP contribution in [0.5, 0.6) is 0 Å². The third-order valence-electron chi connectivity index (χ3n) is 3.76. The maximum atomic E-state index is 12.5. The second-order valence-corrected chi connectivity index (χ2v) is 7.77. The first-order valence-electron chi connectivity index (χ1n) is 8.66.